The molecule has 2 heterocycles. The van der Waals surface area contributed by atoms with Crippen molar-refractivity contribution in [3.63, 3.8) is 0 Å². The van der Waals surface area contributed by atoms with Gasteiger partial charge in [0.2, 0.25) is 5.91 Å². The van der Waals surface area contributed by atoms with E-state index < -0.39 is 0 Å². The van der Waals surface area contributed by atoms with E-state index in [9.17, 15) is 9.90 Å². The zero-order valence-electron chi connectivity index (χ0n) is 22.0. The molecule has 188 valence electrons. The van der Waals surface area contributed by atoms with Gasteiger partial charge in [0.05, 0.1) is 23.9 Å². The molecule has 10 atom stereocenters. The Kier molecular flexibility index (Phi) is 5.43. The van der Waals surface area contributed by atoms with Gasteiger partial charge in [-0.25, -0.2) is 0 Å². The van der Waals surface area contributed by atoms with E-state index in [0.717, 1.165) is 44.6 Å². The third-order valence-corrected chi connectivity index (χ3v) is 11.6. The molecule has 4 nitrogen and oxygen atoms in total. The molecule has 0 bridgehead atoms. The van der Waals surface area contributed by atoms with Crippen LogP contribution in [0.5, 0.6) is 0 Å². The van der Waals surface area contributed by atoms with Crippen LogP contribution in [-0.2, 0) is 9.53 Å². The normalized spacial score (nSPS) is 49.9. The second-order valence-electron chi connectivity index (χ2n) is 13.1. The minimum Gasteiger partial charge on any atom is -0.393 e. The number of hydrogen-bond donors (Lipinski definition) is 1. The van der Waals surface area contributed by atoms with Crippen molar-refractivity contribution < 1.29 is 14.6 Å². The van der Waals surface area contributed by atoms with E-state index in [4.69, 9.17) is 4.74 Å². The lowest BCUT2D eigenvalue weighted by atomic mass is 9.56. The first-order valence-electron chi connectivity index (χ1n) is 14.2. The molecule has 0 aromatic carbocycles. The van der Waals surface area contributed by atoms with Crippen LogP contribution in [-0.4, -0.2) is 46.3 Å². The minimum absolute atomic E-state index is 0.143. The number of fused-ring (bicyclic) bond motifs is 6. The Morgan fingerprint density at radius 2 is 2.03 bits per heavy atom. The molecular weight excluding hydrogens is 422 g/mol. The number of ether oxygens (including phenoxy) is 1. The average molecular weight is 468 g/mol. The lowest BCUT2D eigenvalue weighted by Crippen LogP contribution is -2.54. The van der Waals surface area contributed by atoms with Gasteiger partial charge < -0.3 is 14.7 Å². The van der Waals surface area contributed by atoms with Crippen molar-refractivity contribution in [2.75, 3.05) is 6.54 Å². The van der Waals surface area contributed by atoms with Gasteiger partial charge in [0.25, 0.3) is 0 Å². The minimum atomic E-state index is -0.190. The van der Waals surface area contributed by atoms with E-state index in [1.807, 2.05) is 6.92 Å². The summed E-state index contributed by atoms with van der Waals surface area (Å²) in [4.78, 5) is 15.1. The summed E-state index contributed by atoms with van der Waals surface area (Å²) in [5.41, 5.74) is 4.84. The van der Waals surface area contributed by atoms with E-state index in [0.29, 0.717) is 36.0 Å². The van der Waals surface area contributed by atoms with Crippen LogP contribution in [0.3, 0.4) is 0 Å². The highest BCUT2D eigenvalue weighted by Crippen LogP contribution is 2.65. The maximum atomic E-state index is 12.9. The van der Waals surface area contributed by atoms with Crippen molar-refractivity contribution in [3.05, 3.63) is 22.8 Å². The molecule has 2 aliphatic heterocycles. The molecule has 1 amide bonds. The van der Waals surface area contributed by atoms with E-state index in [-0.39, 0.29) is 29.3 Å². The number of likely N-dealkylation sites (tertiary alicyclic amines) is 1. The van der Waals surface area contributed by atoms with Crippen molar-refractivity contribution in [1.82, 2.24) is 4.90 Å². The Hall–Kier alpha value is -1.13. The van der Waals surface area contributed by atoms with Gasteiger partial charge in [0.15, 0.2) is 0 Å². The summed E-state index contributed by atoms with van der Waals surface area (Å²) < 4.78 is 7.12. The van der Waals surface area contributed by atoms with Crippen molar-refractivity contribution >= 4 is 5.91 Å². The predicted molar refractivity (Wildman–Crippen MR) is 134 cm³/mol. The third-order valence-electron chi connectivity index (χ3n) is 11.6. The van der Waals surface area contributed by atoms with Crippen LogP contribution < -0.4 is 0 Å². The molecule has 4 fully saturated rings. The van der Waals surface area contributed by atoms with Gasteiger partial charge in [-0.1, -0.05) is 44.9 Å². The third kappa shape index (κ3) is 3.06. The van der Waals surface area contributed by atoms with E-state index >= 15 is 0 Å². The maximum absolute atomic E-state index is 12.9. The lowest BCUT2D eigenvalue weighted by Gasteiger charge is -2.49. The van der Waals surface area contributed by atoms with Gasteiger partial charge in [-0.2, -0.15) is 0 Å². The zero-order chi connectivity index (χ0) is 24.0. The summed E-state index contributed by atoms with van der Waals surface area (Å²) in [6.07, 6.45) is 11.9. The Morgan fingerprint density at radius 3 is 2.79 bits per heavy atom. The molecule has 0 radical (unpaired) electrons. The van der Waals surface area contributed by atoms with Gasteiger partial charge in [-0.3, -0.25) is 4.79 Å². The highest BCUT2D eigenvalue weighted by Gasteiger charge is 2.62. The van der Waals surface area contributed by atoms with Crippen molar-refractivity contribution in [2.24, 2.45) is 35.0 Å². The summed E-state index contributed by atoms with van der Waals surface area (Å²) in [5, 5.41) is 10.3. The van der Waals surface area contributed by atoms with Gasteiger partial charge in [-0.05, 0) is 93.0 Å². The molecule has 0 unspecified atom stereocenters. The number of allylic oxidation sites excluding steroid dienone is 2. The van der Waals surface area contributed by atoms with Crippen LogP contribution >= 0.6 is 0 Å². The van der Waals surface area contributed by atoms with Crippen molar-refractivity contribution in [2.45, 2.75) is 116 Å². The molecule has 1 N–H and O–H groups in total. The van der Waals surface area contributed by atoms with Crippen LogP contribution in [0.1, 0.15) is 92.4 Å². The van der Waals surface area contributed by atoms with Gasteiger partial charge >= 0.3 is 0 Å². The number of carbonyl (C=O) groups is 1. The Labute approximate surface area is 206 Å². The fraction of sp³-hybridized carbons (Fsp3) is 0.833. The number of amides is 1. The van der Waals surface area contributed by atoms with Gasteiger partial charge in [-0.15, -0.1) is 0 Å². The number of rotatable bonds is 1. The number of aliphatic hydroxyl groups is 1. The molecule has 0 aromatic rings. The Balaban J connectivity index is 1.34. The van der Waals surface area contributed by atoms with Crippen molar-refractivity contribution in [3.8, 4) is 0 Å². The summed E-state index contributed by atoms with van der Waals surface area (Å²) >= 11 is 0. The van der Waals surface area contributed by atoms with Crippen LogP contribution in [0.2, 0.25) is 0 Å². The Bertz CT molecular complexity index is 937. The number of hydrogen-bond acceptors (Lipinski definition) is 3. The first-order chi connectivity index (χ1) is 16.2. The van der Waals surface area contributed by atoms with Crippen LogP contribution in [0.15, 0.2) is 22.8 Å². The molecule has 2 saturated carbocycles. The second kappa shape index (κ2) is 7.93. The number of carbonyl (C=O) groups excluding carboxylic acids is 1. The van der Waals surface area contributed by atoms with Crippen LogP contribution in [0.4, 0.5) is 0 Å². The van der Waals surface area contributed by atoms with Gasteiger partial charge in [0, 0.05) is 18.9 Å². The zero-order valence-corrected chi connectivity index (χ0v) is 22.0. The highest BCUT2D eigenvalue weighted by molar-refractivity contribution is 5.76. The monoisotopic (exact) mass is 467 g/mol. The summed E-state index contributed by atoms with van der Waals surface area (Å²) in [6, 6.07) is 0.227. The molecule has 34 heavy (non-hydrogen) atoms. The highest BCUT2D eigenvalue weighted by atomic mass is 16.5. The molecular formula is C30H45NO3. The summed E-state index contributed by atoms with van der Waals surface area (Å²) in [6.45, 7) is 12.4. The lowest BCUT2D eigenvalue weighted by molar-refractivity contribution is -0.139. The summed E-state index contributed by atoms with van der Waals surface area (Å²) in [5.74, 6) is 3.31. The SMILES string of the molecule is CCC(=O)N1C[C@@H](C)C[C@H]2O[C@]3(CC[C@@H]4C(=C3C)C[C@H]3[C@H]4CC=C4C[C@@H](O)CC[C@@]43C)[C@H](C)[C@@H]21. The largest absolute Gasteiger partial charge is 0.393 e. The van der Waals surface area contributed by atoms with E-state index in [1.165, 1.54) is 24.8 Å². The molecule has 4 heteroatoms. The smallest absolute Gasteiger partial charge is 0.222 e. The molecule has 4 aliphatic carbocycles. The maximum Gasteiger partial charge on any atom is 0.222 e. The first kappa shape index (κ1) is 23.3. The van der Waals surface area contributed by atoms with E-state index in [1.54, 1.807) is 11.1 Å². The predicted octanol–water partition coefficient (Wildman–Crippen LogP) is 5.65. The number of piperidine rings is 1. The topological polar surface area (TPSA) is 49.8 Å². The standard InChI is InChI=1S/C30H45NO3/c1-6-27(33)31-16-17(2)13-26-28(31)19(4)30(34-26)12-10-22-23-8-7-20-14-21(32)9-11-29(20,5)25(23)15-24(22)18(30)3/h7,17,19,21-23,25-26,28,32H,6,8-16H2,1-5H3/t17-,19+,21-,22-,23-,25-,26+,28-,29-,30-/m0/s1. The number of aliphatic hydroxyl groups excluding tert-OH is 1. The molecule has 1 spiro atoms. The molecule has 2 saturated heterocycles. The first-order valence-corrected chi connectivity index (χ1v) is 14.2. The fourth-order valence-corrected chi connectivity index (χ4v) is 9.81. The fourth-order valence-electron chi connectivity index (χ4n) is 9.81. The number of nitrogens with zero attached hydrogens (tertiary/aromatic N) is 1. The van der Waals surface area contributed by atoms with Crippen LogP contribution in [0, 0.1) is 35.0 Å². The Morgan fingerprint density at radius 1 is 1.24 bits per heavy atom. The van der Waals surface area contributed by atoms with Gasteiger partial charge in [0.1, 0.15) is 0 Å². The van der Waals surface area contributed by atoms with Crippen LogP contribution in [0.25, 0.3) is 0 Å². The molecule has 6 rings (SSSR count). The molecule has 0 aromatic heterocycles. The second-order valence-corrected chi connectivity index (χ2v) is 13.1. The average Bonchev–Trinajstić information content (AvgIpc) is 3.33. The van der Waals surface area contributed by atoms with Crippen molar-refractivity contribution in [1.29, 1.82) is 0 Å². The summed E-state index contributed by atoms with van der Waals surface area (Å²) in [7, 11) is 0. The van der Waals surface area contributed by atoms with E-state index in [2.05, 4.69) is 38.7 Å². The molecule has 6 aliphatic rings. The quantitative estimate of drug-likeness (QED) is 0.507.